The molecule has 0 N–H and O–H groups in total. The summed E-state index contributed by atoms with van der Waals surface area (Å²) in [6.45, 7) is 4.94. The van der Waals surface area contributed by atoms with Crippen molar-refractivity contribution in [2.24, 2.45) is 9.98 Å². The van der Waals surface area contributed by atoms with Crippen LogP contribution in [-0.2, 0) is 13.0 Å². The second-order valence-corrected chi connectivity index (χ2v) is 5.56. The van der Waals surface area contributed by atoms with Crippen molar-refractivity contribution in [2.45, 2.75) is 19.9 Å². The van der Waals surface area contributed by atoms with Gasteiger partial charge in [0.05, 0.1) is 0 Å². The van der Waals surface area contributed by atoms with Crippen molar-refractivity contribution >= 4 is 28.7 Å². The SMILES string of the molecule is CCN1CCc2c(sc3c(c2=O)=NC(=S)N=3)C1. The lowest BCUT2D eigenvalue weighted by atomic mass is 10.1. The number of likely N-dealkylation sites (N-methyl/N-ethyl adjacent to an activating group) is 1. The van der Waals surface area contributed by atoms with Gasteiger partial charge in [0.15, 0.2) is 0 Å². The molecule has 4 nitrogen and oxygen atoms in total. The summed E-state index contributed by atoms with van der Waals surface area (Å²) >= 11 is 6.49. The van der Waals surface area contributed by atoms with E-state index in [4.69, 9.17) is 12.2 Å². The predicted octanol–water partition coefficient (Wildman–Crippen LogP) is 0.0240. The Morgan fingerprint density at radius 1 is 1.47 bits per heavy atom. The van der Waals surface area contributed by atoms with Gasteiger partial charge in [-0.05, 0) is 25.2 Å². The first kappa shape index (κ1) is 11.1. The Labute approximate surface area is 107 Å². The summed E-state index contributed by atoms with van der Waals surface area (Å²) in [5, 5.41) is 0.742. The fourth-order valence-electron chi connectivity index (χ4n) is 2.18. The lowest BCUT2D eigenvalue weighted by Gasteiger charge is -2.25. The van der Waals surface area contributed by atoms with Gasteiger partial charge in [-0.2, -0.15) is 0 Å². The van der Waals surface area contributed by atoms with Crippen molar-refractivity contribution in [3.05, 3.63) is 30.7 Å². The zero-order chi connectivity index (χ0) is 12.0. The minimum absolute atomic E-state index is 0.0353. The van der Waals surface area contributed by atoms with Gasteiger partial charge in [0.1, 0.15) is 10.0 Å². The summed E-state index contributed by atoms with van der Waals surface area (Å²) in [5.41, 5.74) is 0.954. The van der Waals surface area contributed by atoms with E-state index in [-0.39, 0.29) is 10.5 Å². The Bertz CT molecular complexity index is 677. The lowest BCUT2D eigenvalue weighted by Crippen LogP contribution is -2.42. The Balaban J connectivity index is 2.24. The van der Waals surface area contributed by atoms with Crippen LogP contribution in [0.5, 0.6) is 0 Å². The number of nitrogens with zero attached hydrogens (tertiary/aromatic N) is 3. The summed E-state index contributed by atoms with van der Waals surface area (Å²) in [5.74, 6) is 0. The highest BCUT2D eigenvalue weighted by Gasteiger charge is 2.21. The summed E-state index contributed by atoms with van der Waals surface area (Å²) in [6.07, 6.45) is 0.814. The number of hydrogen-bond acceptors (Lipinski definition) is 4. The molecule has 0 amide bonds. The number of thiocarbonyl (C=S) groups is 1. The molecule has 0 saturated carbocycles. The summed E-state index contributed by atoms with van der Waals surface area (Å²) in [7, 11) is 0. The van der Waals surface area contributed by atoms with E-state index in [9.17, 15) is 4.79 Å². The van der Waals surface area contributed by atoms with E-state index in [1.54, 1.807) is 11.3 Å². The van der Waals surface area contributed by atoms with Gasteiger partial charge >= 0.3 is 0 Å². The predicted molar refractivity (Wildman–Crippen MR) is 70.2 cm³/mol. The maximum Gasteiger partial charge on any atom is 0.221 e. The minimum atomic E-state index is 0.0353. The van der Waals surface area contributed by atoms with Gasteiger partial charge in [-0.25, -0.2) is 9.98 Å². The average molecular weight is 265 g/mol. The lowest BCUT2D eigenvalue weighted by molar-refractivity contribution is 0.270. The van der Waals surface area contributed by atoms with Gasteiger partial charge in [-0.1, -0.05) is 6.92 Å². The van der Waals surface area contributed by atoms with Gasteiger partial charge in [-0.3, -0.25) is 9.69 Å². The topological polar surface area (TPSA) is 45.0 Å². The summed E-state index contributed by atoms with van der Waals surface area (Å²) < 4.78 is 0.691. The molecule has 1 aromatic rings. The van der Waals surface area contributed by atoms with Crippen molar-refractivity contribution in [3.8, 4) is 0 Å². The highest BCUT2D eigenvalue weighted by Crippen LogP contribution is 2.16. The molecule has 1 aromatic heterocycles. The molecule has 2 aliphatic heterocycles. The molecule has 3 heterocycles. The zero-order valence-electron chi connectivity index (χ0n) is 9.39. The largest absolute Gasteiger partial charge is 0.298 e. The first-order valence-corrected chi connectivity index (χ1v) is 6.80. The summed E-state index contributed by atoms with van der Waals surface area (Å²) in [6, 6.07) is 0. The van der Waals surface area contributed by atoms with E-state index in [0.29, 0.717) is 10.0 Å². The Kier molecular flexibility index (Phi) is 2.65. The van der Waals surface area contributed by atoms with Gasteiger partial charge < -0.3 is 0 Å². The molecule has 0 aromatic carbocycles. The fraction of sp³-hybridized carbons (Fsp3) is 0.455. The molecule has 0 bridgehead atoms. The first-order chi connectivity index (χ1) is 8.19. The maximum atomic E-state index is 12.2. The maximum absolute atomic E-state index is 12.2. The van der Waals surface area contributed by atoms with Crippen LogP contribution in [0.2, 0.25) is 0 Å². The smallest absolute Gasteiger partial charge is 0.221 e. The van der Waals surface area contributed by atoms with Crippen LogP contribution < -0.4 is 15.5 Å². The normalized spacial score (nSPS) is 18.3. The van der Waals surface area contributed by atoms with Crippen molar-refractivity contribution in [1.82, 2.24) is 4.90 Å². The van der Waals surface area contributed by atoms with E-state index in [1.165, 1.54) is 0 Å². The number of rotatable bonds is 1. The first-order valence-electron chi connectivity index (χ1n) is 5.57. The molecule has 0 fully saturated rings. The van der Waals surface area contributed by atoms with Gasteiger partial charge in [0, 0.05) is 23.5 Å². The minimum Gasteiger partial charge on any atom is -0.298 e. The highest BCUT2D eigenvalue weighted by molar-refractivity contribution is 7.80. The van der Waals surface area contributed by atoms with Crippen LogP contribution in [0.15, 0.2) is 14.8 Å². The molecule has 88 valence electrons. The average Bonchev–Trinajstić information content (AvgIpc) is 2.69. The van der Waals surface area contributed by atoms with Crippen LogP contribution in [0.1, 0.15) is 17.4 Å². The van der Waals surface area contributed by atoms with Crippen molar-refractivity contribution < 1.29 is 0 Å². The van der Waals surface area contributed by atoms with Crippen LogP contribution in [0, 0.1) is 0 Å². The Hall–Kier alpha value is -0.980. The zero-order valence-corrected chi connectivity index (χ0v) is 11.0. The third kappa shape index (κ3) is 1.76. The monoisotopic (exact) mass is 265 g/mol. The van der Waals surface area contributed by atoms with Crippen molar-refractivity contribution in [1.29, 1.82) is 0 Å². The quantitative estimate of drug-likeness (QED) is 0.673. The number of fused-ring (bicyclic) bond motifs is 2. The highest BCUT2D eigenvalue weighted by atomic mass is 32.1. The van der Waals surface area contributed by atoms with Crippen LogP contribution in [0.4, 0.5) is 0 Å². The molecule has 0 aliphatic carbocycles. The molecule has 3 rings (SSSR count). The molecule has 0 spiro atoms. The van der Waals surface area contributed by atoms with Gasteiger partial charge in [0.2, 0.25) is 10.5 Å². The third-order valence-electron chi connectivity index (χ3n) is 3.15. The molecule has 0 radical (unpaired) electrons. The van der Waals surface area contributed by atoms with Gasteiger partial charge in [0.25, 0.3) is 0 Å². The number of hydrogen-bond donors (Lipinski definition) is 0. The van der Waals surface area contributed by atoms with E-state index < -0.39 is 0 Å². The Morgan fingerprint density at radius 3 is 3.06 bits per heavy atom. The van der Waals surface area contributed by atoms with E-state index in [0.717, 1.165) is 36.5 Å². The van der Waals surface area contributed by atoms with Gasteiger partial charge in [-0.15, -0.1) is 11.3 Å². The van der Waals surface area contributed by atoms with Crippen LogP contribution in [0.25, 0.3) is 0 Å². The molecule has 6 heteroatoms. The molecule has 0 unspecified atom stereocenters. The van der Waals surface area contributed by atoms with E-state index in [1.807, 2.05) is 0 Å². The summed E-state index contributed by atoms with van der Waals surface area (Å²) in [4.78, 5) is 23.9. The van der Waals surface area contributed by atoms with Crippen LogP contribution in [0.3, 0.4) is 0 Å². The molecular formula is C11H11N3OS2. The van der Waals surface area contributed by atoms with Crippen LogP contribution in [-0.4, -0.2) is 23.1 Å². The Morgan fingerprint density at radius 2 is 2.29 bits per heavy atom. The van der Waals surface area contributed by atoms with E-state index >= 15 is 0 Å². The second-order valence-electron chi connectivity index (χ2n) is 4.11. The molecule has 2 aliphatic rings. The van der Waals surface area contributed by atoms with E-state index in [2.05, 4.69) is 21.8 Å². The standard InChI is InChI=1S/C11H11N3OS2/c1-2-14-4-3-6-7(5-14)17-10-8(9(6)15)12-11(16)13-10/h2-5H2,1H3. The molecule has 0 saturated heterocycles. The van der Waals surface area contributed by atoms with Crippen molar-refractivity contribution in [2.75, 3.05) is 13.1 Å². The fourth-order valence-corrected chi connectivity index (χ4v) is 3.58. The van der Waals surface area contributed by atoms with Crippen molar-refractivity contribution in [3.63, 3.8) is 0 Å². The molecule has 17 heavy (non-hydrogen) atoms. The molecule has 0 atom stereocenters. The third-order valence-corrected chi connectivity index (χ3v) is 4.43. The molecular weight excluding hydrogens is 254 g/mol. The van der Waals surface area contributed by atoms with Crippen LogP contribution >= 0.6 is 23.6 Å². The second kappa shape index (κ2) is 4.04.